The minimum absolute atomic E-state index is 0.240. The summed E-state index contributed by atoms with van der Waals surface area (Å²) in [5, 5.41) is 10.8. The Hall–Kier alpha value is -1.95. The fourth-order valence-electron chi connectivity index (χ4n) is 1.67. The summed E-state index contributed by atoms with van der Waals surface area (Å²) in [6.07, 6.45) is 3.51. The molecule has 0 unspecified atom stereocenters. The molecule has 0 spiro atoms. The molecule has 0 fully saturated rings. The fourth-order valence-corrected chi connectivity index (χ4v) is 1.94. The second-order valence-corrected chi connectivity index (χ2v) is 4.45. The summed E-state index contributed by atoms with van der Waals surface area (Å²) in [6, 6.07) is 6.47. The zero-order valence-electron chi connectivity index (χ0n) is 10.6. The molecular formula is C13H15FN4S. The summed E-state index contributed by atoms with van der Waals surface area (Å²) in [5.41, 5.74) is 1.67. The van der Waals surface area contributed by atoms with Crippen LogP contribution in [0.5, 0.6) is 0 Å². The van der Waals surface area contributed by atoms with Crippen molar-refractivity contribution < 1.29 is 4.39 Å². The van der Waals surface area contributed by atoms with E-state index in [-0.39, 0.29) is 5.82 Å². The molecule has 0 aliphatic carbocycles. The number of rotatable bonds is 4. The predicted octanol–water partition coefficient (Wildman–Crippen LogP) is 2.38. The first-order valence-electron chi connectivity index (χ1n) is 5.99. The van der Waals surface area contributed by atoms with Crippen molar-refractivity contribution in [1.82, 2.24) is 15.1 Å². The first-order chi connectivity index (χ1) is 9.17. The van der Waals surface area contributed by atoms with Crippen LogP contribution in [0.4, 0.5) is 10.1 Å². The second kappa shape index (κ2) is 6.29. The van der Waals surface area contributed by atoms with Crippen LogP contribution < -0.4 is 10.6 Å². The molecule has 1 aromatic heterocycles. The van der Waals surface area contributed by atoms with Gasteiger partial charge in [-0.05, 0) is 36.8 Å². The third-order valence-electron chi connectivity index (χ3n) is 2.46. The lowest BCUT2D eigenvalue weighted by atomic mass is 10.2. The van der Waals surface area contributed by atoms with Gasteiger partial charge in [0.05, 0.1) is 18.4 Å². The van der Waals surface area contributed by atoms with Gasteiger partial charge in [-0.3, -0.25) is 4.68 Å². The highest BCUT2D eigenvalue weighted by molar-refractivity contribution is 7.80. The number of aromatic nitrogens is 2. The molecule has 0 atom stereocenters. The highest BCUT2D eigenvalue weighted by Crippen LogP contribution is 2.09. The van der Waals surface area contributed by atoms with Crippen LogP contribution in [0.15, 0.2) is 36.7 Å². The number of nitrogens with zero attached hydrogens (tertiary/aromatic N) is 2. The standard InChI is InChI=1S/C13H15FN4S/c1-2-15-13(19)17-12-7-16-18(9-12)8-10-4-3-5-11(14)6-10/h3-7,9H,2,8H2,1H3,(H2,15,17,19). The second-order valence-electron chi connectivity index (χ2n) is 4.04. The average molecular weight is 278 g/mol. The van der Waals surface area contributed by atoms with Gasteiger partial charge in [0.25, 0.3) is 0 Å². The van der Waals surface area contributed by atoms with Gasteiger partial charge < -0.3 is 10.6 Å². The lowest BCUT2D eigenvalue weighted by Crippen LogP contribution is -2.27. The number of nitrogens with one attached hydrogen (secondary N) is 2. The number of hydrogen-bond acceptors (Lipinski definition) is 2. The molecule has 19 heavy (non-hydrogen) atoms. The summed E-state index contributed by atoms with van der Waals surface area (Å²) < 4.78 is 14.8. The molecule has 0 amide bonds. The molecule has 0 saturated heterocycles. The maximum Gasteiger partial charge on any atom is 0.170 e. The summed E-state index contributed by atoms with van der Waals surface area (Å²) >= 11 is 5.08. The lowest BCUT2D eigenvalue weighted by Gasteiger charge is -2.05. The van der Waals surface area contributed by atoms with E-state index in [1.807, 2.05) is 19.2 Å². The van der Waals surface area contributed by atoms with Crippen LogP contribution in [0.1, 0.15) is 12.5 Å². The van der Waals surface area contributed by atoms with E-state index in [1.54, 1.807) is 16.9 Å². The molecule has 2 N–H and O–H groups in total. The third-order valence-corrected chi connectivity index (χ3v) is 2.71. The van der Waals surface area contributed by atoms with E-state index in [2.05, 4.69) is 15.7 Å². The highest BCUT2D eigenvalue weighted by atomic mass is 32.1. The Morgan fingerprint density at radius 2 is 2.32 bits per heavy atom. The minimum Gasteiger partial charge on any atom is -0.363 e. The Balaban J connectivity index is 1.99. The van der Waals surface area contributed by atoms with Gasteiger partial charge in [0.1, 0.15) is 5.82 Å². The topological polar surface area (TPSA) is 41.9 Å². The quantitative estimate of drug-likeness (QED) is 0.843. The van der Waals surface area contributed by atoms with Crippen LogP contribution >= 0.6 is 12.2 Å². The Bertz CT molecular complexity index is 567. The molecule has 1 heterocycles. The Labute approximate surface area is 116 Å². The van der Waals surface area contributed by atoms with Crippen molar-refractivity contribution in [2.45, 2.75) is 13.5 Å². The Morgan fingerprint density at radius 1 is 1.47 bits per heavy atom. The zero-order valence-corrected chi connectivity index (χ0v) is 11.4. The third kappa shape index (κ3) is 4.03. The Kier molecular flexibility index (Phi) is 4.46. The molecule has 100 valence electrons. The van der Waals surface area contributed by atoms with Gasteiger partial charge in [0.15, 0.2) is 5.11 Å². The van der Waals surface area contributed by atoms with Crippen molar-refractivity contribution in [1.29, 1.82) is 0 Å². The molecule has 0 saturated carbocycles. The van der Waals surface area contributed by atoms with Crippen LogP contribution in [0.25, 0.3) is 0 Å². The molecule has 6 heteroatoms. The maximum atomic E-state index is 13.1. The minimum atomic E-state index is -0.240. The highest BCUT2D eigenvalue weighted by Gasteiger charge is 2.02. The predicted molar refractivity (Wildman–Crippen MR) is 77.6 cm³/mol. The molecule has 0 bridgehead atoms. The van der Waals surface area contributed by atoms with Crippen LogP contribution in [0, 0.1) is 5.82 Å². The molecule has 0 aliphatic heterocycles. The molecule has 1 aromatic carbocycles. The summed E-state index contributed by atoms with van der Waals surface area (Å²) in [5.74, 6) is -0.240. The molecule has 2 aromatic rings. The number of benzene rings is 1. The first-order valence-corrected chi connectivity index (χ1v) is 6.40. The zero-order chi connectivity index (χ0) is 13.7. The largest absolute Gasteiger partial charge is 0.363 e. The molecular weight excluding hydrogens is 263 g/mol. The lowest BCUT2D eigenvalue weighted by molar-refractivity contribution is 0.619. The molecule has 0 radical (unpaired) electrons. The van der Waals surface area contributed by atoms with Crippen molar-refractivity contribution in [3.8, 4) is 0 Å². The van der Waals surface area contributed by atoms with Gasteiger partial charge in [-0.25, -0.2) is 4.39 Å². The van der Waals surface area contributed by atoms with Gasteiger partial charge in [0, 0.05) is 12.7 Å². The number of halogens is 1. The SMILES string of the molecule is CCNC(=S)Nc1cnn(Cc2cccc(F)c2)c1. The van der Waals surface area contributed by atoms with Crippen molar-refractivity contribution >= 4 is 23.0 Å². The summed E-state index contributed by atoms with van der Waals surface area (Å²) in [4.78, 5) is 0. The van der Waals surface area contributed by atoms with Crippen molar-refractivity contribution in [2.24, 2.45) is 0 Å². The summed E-state index contributed by atoms with van der Waals surface area (Å²) in [6.45, 7) is 3.26. The smallest absolute Gasteiger partial charge is 0.170 e. The van der Waals surface area contributed by atoms with E-state index < -0.39 is 0 Å². The van der Waals surface area contributed by atoms with Crippen LogP contribution in [0.2, 0.25) is 0 Å². The fraction of sp³-hybridized carbons (Fsp3) is 0.231. The number of thiocarbonyl (C=S) groups is 1. The van der Waals surface area contributed by atoms with Gasteiger partial charge in [-0.2, -0.15) is 5.10 Å². The van der Waals surface area contributed by atoms with E-state index in [0.717, 1.165) is 17.8 Å². The molecule has 4 nitrogen and oxygen atoms in total. The van der Waals surface area contributed by atoms with E-state index >= 15 is 0 Å². The number of hydrogen-bond donors (Lipinski definition) is 2. The Morgan fingerprint density at radius 3 is 3.05 bits per heavy atom. The van der Waals surface area contributed by atoms with Gasteiger partial charge >= 0.3 is 0 Å². The monoisotopic (exact) mass is 278 g/mol. The van der Waals surface area contributed by atoms with Crippen LogP contribution in [0.3, 0.4) is 0 Å². The molecule has 0 aliphatic rings. The number of anilines is 1. The van der Waals surface area contributed by atoms with Gasteiger partial charge in [-0.1, -0.05) is 12.1 Å². The average Bonchev–Trinajstić information content (AvgIpc) is 2.76. The van der Waals surface area contributed by atoms with Crippen LogP contribution in [-0.4, -0.2) is 21.4 Å². The van der Waals surface area contributed by atoms with Crippen LogP contribution in [-0.2, 0) is 6.54 Å². The van der Waals surface area contributed by atoms with Crippen molar-refractivity contribution in [3.05, 3.63) is 48.0 Å². The normalized spacial score (nSPS) is 10.2. The van der Waals surface area contributed by atoms with Crippen molar-refractivity contribution in [3.63, 3.8) is 0 Å². The van der Waals surface area contributed by atoms with E-state index in [9.17, 15) is 4.39 Å². The first kappa shape index (κ1) is 13.5. The van der Waals surface area contributed by atoms with E-state index in [0.29, 0.717) is 11.7 Å². The van der Waals surface area contributed by atoms with Crippen molar-refractivity contribution in [2.75, 3.05) is 11.9 Å². The van der Waals surface area contributed by atoms with E-state index in [1.165, 1.54) is 12.1 Å². The molecule has 2 rings (SSSR count). The van der Waals surface area contributed by atoms with Gasteiger partial charge in [0.2, 0.25) is 0 Å². The van der Waals surface area contributed by atoms with Gasteiger partial charge in [-0.15, -0.1) is 0 Å². The maximum absolute atomic E-state index is 13.1. The summed E-state index contributed by atoms with van der Waals surface area (Å²) in [7, 11) is 0. The van der Waals surface area contributed by atoms with E-state index in [4.69, 9.17) is 12.2 Å².